The molecule has 7 heteroatoms. The van der Waals surface area contributed by atoms with Crippen LogP contribution < -0.4 is 10.1 Å². The summed E-state index contributed by atoms with van der Waals surface area (Å²) in [5.74, 6) is 1.99. The van der Waals surface area contributed by atoms with E-state index in [1.54, 1.807) is 36.7 Å². The van der Waals surface area contributed by atoms with E-state index in [9.17, 15) is 4.79 Å². The molecule has 0 aliphatic heterocycles. The molecule has 0 unspecified atom stereocenters. The maximum atomic E-state index is 12.6. The van der Waals surface area contributed by atoms with Crippen molar-refractivity contribution in [2.75, 3.05) is 5.32 Å². The summed E-state index contributed by atoms with van der Waals surface area (Å²) in [7, 11) is 0. The highest BCUT2D eigenvalue weighted by atomic mass is 16.5. The molecule has 3 aromatic carbocycles. The summed E-state index contributed by atoms with van der Waals surface area (Å²) in [5, 5.41) is 2.90. The number of amides is 1. The van der Waals surface area contributed by atoms with E-state index in [4.69, 9.17) is 14.1 Å². The highest BCUT2D eigenvalue weighted by Crippen LogP contribution is 2.33. The van der Waals surface area contributed by atoms with Gasteiger partial charge in [0.05, 0.1) is 6.20 Å². The van der Waals surface area contributed by atoms with Gasteiger partial charge in [-0.05, 0) is 12.1 Å². The van der Waals surface area contributed by atoms with Crippen LogP contribution in [0.2, 0.25) is 0 Å². The van der Waals surface area contributed by atoms with Crippen LogP contribution in [-0.2, 0) is 11.2 Å². The van der Waals surface area contributed by atoms with Crippen LogP contribution in [0, 0.1) is 0 Å². The van der Waals surface area contributed by atoms with Gasteiger partial charge in [0, 0.05) is 48.1 Å². The summed E-state index contributed by atoms with van der Waals surface area (Å²) in [6.45, 7) is 0. The van der Waals surface area contributed by atoms with Gasteiger partial charge in [-0.3, -0.25) is 9.78 Å². The number of anilines is 1. The maximum Gasteiger partial charge on any atom is 0.237 e. The molecule has 0 aliphatic rings. The first-order valence-electron chi connectivity index (χ1n) is 11.2. The highest BCUT2D eigenvalue weighted by molar-refractivity contribution is 5.91. The van der Waals surface area contributed by atoms with Gasteiger partial charge in [0.15, 0.2) is 11.7 Å². The van der Waals surface area contributed by atoms with Crippen LogP contribution in [0.4, 0.5) is 5.69 Å². The van der Waals surface area contributed by atoms with Crippen molar-refractivity contribution in [3.8, 4) is 34.2 Å². The first-order valence-corrected chi connectivity index (χ1v) is 11.2. The molecular formula is C28H22N4O3. The lowest BCUT2D eigenvalue weighted by molar-refractivity contribution is -0.116. The smallest absolute Gasteiger partial charge is 0.237 e. The van der Waals surface area contributed by atoms with E-state index in [2.05, 4.69) is 15.3 Å². The van der Waals surface area contributed by atoms with Gasteiger partial charge in [0.2, 0.25) is 11.8 Å². The van der Waals surface area contributed by atoms with E-state index in [0.29, 0.717) is 35.4 Å². The normalized spacial score (nSPS) is 10.6. The van der Waals surface area contributed by atoms with Crippen LogP contribution in [0.5, 0.6) is 11.6 Å². The Morgan fingerprint density at radius 2 is 1.66 bits per heavy atom. The van der Waals surface area contributed by atoms with Crippen molar-refractivity contribution < 1.29 is 13.9 Å². The van der Waals surface area contributed by atoms with Gasteiger partial charge in [0.1, 0.15) is 11.4 Å². The Hall–Kier alpha value is -4.78. The summed E-state index contributed by atoms with van der Waals surface area (Å²) in [5.41, 5.74) is 3.29. The van der Waals surface area contributed by atoms with Gasteiger partial charge < -0.3 is 14.5 Å². The lowest BCUT2D eigenvalue weighted by atomic mass is 10.1. The van der Waals surface area contributed by atoms with Crippen molar-refractivity contribution in [1.82, 2.24) is 15.0 Å². The molecule has 0 bridgehead atoms. The fourth-order valence-corrected chi connectivity index (χ4v) is 3.59. The number of carbonyl (C=O) groups is 1. The van der Waals surface area contributed by atoms with Crippen molar-refractivity contribution in [2.45, 2.75) is 12.8 Å². The lowest BCUT2D eigenvalue weighted by Gasteiger charge is -2.08. The number of ether oxygens (including phenoxy) is 1. The zero-order chi connectivity index (χ0) is 23.9. The molecule has 0 spiro atoms. The average Bonchev–Trinajstić information content (AvgIpc) is 3.34. The van der Waals surface area contributed by atoms with Gasteiger partial charge in [-0.15, -0.1) is 0 Å². The van der Waals surface area contributed by atoms with Crippen LogP contribution in [0.1, 0.15) is 12.3 Å². The number of carbonyl (C=O) groups excluding carboxylic acids is 1. The van der Waals surface area contributed by atoms with Gasteiger partial charge in [-0.2, -0.15) is 0 Å². The predicted octanol–water partition coefficient (Wildman–Crippen LogP) is 6.16. The molecule has 0 aliphatic carbocycles. The zero-order valence-electron chi connectivity index (χ0n) is 18.8. The highest BCUT2D eigenvalue weighted by Gasteiger charge is 2.17. The van der Waals surface area contributed by atoms with Crippen LogP contribution >= 0.6 is 0 Å². The third-order valence-electron chi connectivity index (χ3n) is 5.20. The first-order chi connectivity index (χ1) is 17.2. The molecule has 2 aromatic heterocycles. The minimum absolute atomic E-state index is 0.151. The fourth-order valence-electron chi connectivity index (χ4n) is 3.59. The van der Waals surface area contributed by atoms with Crippen molar-refractivity contribution in [3.05, 3.63) is 109 Å². The number of nitrogens with zero attached hydrogens (tertiary/aromatic N) is 3. The van der Waals surface area contributed by atoms with Crippen LogP contribution in [0.3, 0.4) is 0 Å². The second kappa shape index (κ2) is 10.4. The third-order valence-corrected chi connectivity index (χ3v) is 5.20. The molecule has 2 heterocycles. The topological polar surface area (TPSA) is 90.1 Å². The second-order valence-corrected chi connectivity index (χ2v) is 7.74. The molecule has 0 radical (unpaired) electrons. The molecule has 0 fully saturated rings. The molecule has 35 heavy (non-hydrogen) atoms. The molecule has 5 aromatic rings. The van der Waals surface area contributed by atoms with E-state index >= 15 is 0 Å². The van der Waals surface area contributed by atoms with E-state index in [1.165, 1.54) is 6.20 Å². The number of hydrogen-bond donors (Lipinski definition) is 1. The number of nitrogens with one attached hydrogen (secondary N) is 1. The van der Waals surface area contributed by atoms with Gasteiger partial charge >= 0.3 is 0 Å². The Bertz CT molecular complexity index is 1350. The second-order valence-electron chi connectivity index (χ2n) is 7.74. The van der Waals surface area contributed by atoms with Gasteiger partial charge in [-0.25, -0.2) is 9.97 Å². The summed E-state index contributed by atoms with van der Waals surface area (Å²) < 4.78 is 11.8. The molecule has 0 saturated carbocycles. The molecule has 1 amide bonds. The van der Waals surface area contributed by atoms with E-state index < -0.39 is 0 Å². The SMILES string of the molecule is O=C(CCc1nc(-c2ccccc2)c(-c2ccccc2)o1)Nc1cccc(Oc2cnccn2)c1. The molecule has 7 nitrogen and oxygen atoms in total. The number of benzene rings is 3. The largest absolute Gasteiger partial charge is 0.440 e. The standard InChI is InChI=1S/C28H22N4O3/c33-24(31-22-12-7-13-23(18-22)34-26-19-29-16-17-30-26)14-15-25-32-27(20-8-3-1-4-9-20)28(35-25)21-10-5-2-6-11-21/h1-13,16-19H,14-15H2,(H,31,33). The maximum absolute atomic E-state index is 12.6. The van der Waals surface area contributed by atoms with Crippen molar-refractivity contribution in [1.29, 1.82) is 0 Å². The minimum Gasteiger partial charge on any atom is -0.440 e. The van der Waals surface area contributed by atoms with Crippen LogP contribution in [-0.4, -0.2) is 20.9 Å². The van der Waals surface area contributed by atoms with Crippen molar-refractivity contribution in [3.63, 3.8) is 0 Å². The molecule has 0 saturated heterocycles. The van der Waals surface area contributed by atoms with Gasteiger partial charge in [0.25, 0.3) is 0 Å². The van der Waals surface area contributed by atoms with Crippen LogP contribution in [0.25, 0.3) is 22.6 Å². The predicted molar refractivity (Wildman–Crippen MR) is 133 cm³/mol. The number of aryl methyl sites for hydroxylation is 1. The molecule has 0 atom stereocenters. The molecule has 5 rings (SSSR count). The Morgan fingerprint density at radius 1 is 0.886 bits per heavy atom. The van der Waals surface area contributed by atoms with E-state index in [0.717, 1.165) is 16.8 Å². The monoisotopic (exact) mass is 462 g/mol. The lowest BCUT2D eigenvalue weighted by Crippen LogP contribution is -2.12. The quantitative estimate of drug-likeness (QED) is 0.297. The Balaban J connectivity index is 1.27. The minimum atomic E-state index is -0.151. The Kier molecular flexibility index (Phi) is 6.57. The van der Waals surface area contributed by atoms with Crippen LogP contribution in [0.15, 0.2) is 108 Å². The third kappa shape index (κ3) is 5.59. The number of hydrogen-bond acceptors (Lipinski definition) is 6. The Labute approximate surface area is 202 Å². The fraction of sp³-hybridized carbons (Fsp3) is 0.0714. The summed E-state index contributed by atoms with van der Waals surface area (Å²) in [4.78, 5) is 25.4. The van der Waals surface area contributed by atoms with E-state index in [-0.39, 0.29) is 12.3 Å². The number of aromatic nitrogens is 3. The molecule has 172 valence electrons. The Morgan fingerprint density at radius 3 is 2.40 bits per heavy atom. The van der Waals surface area contributed by atoms with Crippen molar-refractivity contribution >= 4 is 11.6 Å². The number of rotatable bonds is 8. The summed E-state index contributed by atoms with van der Waals surface area (Å²) in [6.07, 6.45) is 5.24. The van der Waals surface area contributed by atoms with E-state index in [1.807, 2.05) is 60.7 Å². The number of oxazole rings is 1. The summed E-state index contributed by atoms with van der Waals surface area (Å²) >= 11 is 0. The summed E-state index contributed by atoms with van der Waals surface area (Å²) in [6, 6.07) is 26.9. The molecular weight excluding hydrogens is 440 g/mol. The van der Waals surface area contributed by atoms with Gasteiger partial charge in [-0.1, -0.05) is 66.7 Å². The average molecular weight is 463 g/mol. The molecule has 1 N–H and O–H groups in total. The van der Waals surface area contributed by atoms with Crippen molar-refractivity contribution in [2.24, 2.45) is 0 Å². The first kappa shape index (κ1) is 22.0. The zero-order valence-corrected chi connectivity index (χ0v) is 18.8.